The summed E-state index contributed by atoms with van der Waals surface area (Å²) >= 11 is 0. The average molecular weight is 1180 g/mol. The second kappa shape index (κ2) is 20.2. The molecule has 0 amide bonds. The monoisotopic (exact) mass is 1180 g/mol. The first kappa shape index (κ1) is 56.8. The van der Waals surface area contributed by atoms with E-state index in [0.29, 0.717) is 81.6 Å². The largest absolute Gasteiger partial charge is 0.454 e. The van der Waals surface area contributed by atoms with Gasteiger partial charge in [0.1, 0.15) is 23.6 Å². The summed E-state index contributed by atoms with van der Waals surface area (Å²) in [5, 5.41) is 75.6. The zero-order valence-corrected chi connectivity index (χ0v) is 51.7. The van der Waals surface area contributed by atoms with E-state index in [1.807, 2.05) is 19.2 Å². The van der Waals surface area contributed by atoms with E-state index in [0.717, 1.165) is 99.2 Å². The second-order valence-electron chi connectivity index (χ2n) is 32.5. The molecule has 2 aliphatic heterocycles. The molecule has 0 aromatic heterocycles. The van der Waals surface area contributed by atoms with Crippen LogP contribution in [0.4, 0.5) is 0 Å². The molecule has 11 fully saturated rings. The Hall–Kier alpha value is -4.18. The van der Waals surface area contributed by atoms with E-state index >= 15 is 20.1 Å². The van der Waals surface area contributed by atoms with Gasteiger partial charge in [0, 0.05) is 64.2 Å². The SMILES string of the molecule is CN[C@@H]1Cc2c(cccc2CO)C#C[C@@]23CC[C@H](Cc4cccc(c4)Cc4cccc(c4)[C@H]4CC[C@@H]5[C@H](C4)C[C@@H]4CCO[C@@H]6[C@@H]7CC[C@@H]([C@@H](C)C8CCCC8)C[C@@H]8[C@H](O)[C@]9(O)[C@H](CC[C@]%10(C2)[C@H]2C%11=CC(=O)O[C@H]%11[C@@H]1C[C@H]2C[C@@]%109O)[C@@](C=O)(C[C@]456)[C@]87O)C3. The van der Waals surface area contributed by atoms with Gasteiger partial charge in [-0.1, -0.05) is 105 Å². The van der Waals surface area contributed by atoms with Crippen molar-refractivity contribution in [3.05, 3.63) is 117 Å². The van der Waals surface area contributed by atoms with Gasteiger partial charge in [-0.3, -0.25) is 0 Å². The lowest BCUT2D eigenvalue weighted by molar-refractivity contribution is -0.393. The van der Waals surface area contributed by atoms with Gasteiger partial charge in [-0.25, -0.2) is 4.79 Å². The molecule has 3 aromatic rings. The zero-order valence-electron chi connectivity index (χ0n) is 51.7. The number of hydrogen-bond acceptors (Lipinski definition) is 10. The normalized spacial score (nSPS) is 48.2. The summed E-state index contributed by atoms with van der Waals surface area (Å²) in [7, 11) is 1.97. The average Bonchev–Trinajstić information content (AvgIpc) is 1.64. The summed E-state index contributed by atoms with van der Waals surface area (Å²) in [6.07, 6.45) is 19.5. The van der Waals surface area contributed by atoms with Crippen LogP contribution in [0.1, 0.15) is 187 Å². The van der Waals surface area contributed by atoms with Crippen LogP contribution < -0.4 is 5.32 Å². The number of aliphatic hydroxyl groups excluding tert-OH is 2. The van der Waals surface area contributed by atoms with Crippen molar-refractivity contribution in [1.29, 1.82) is 0 Å². The third-order valence-corrected chi connectivity index (χ3v) is 29.7. The van der Waals surface area contributed by atoms with Gasteiger partial charge in [-0.05, 0) is 240 Å². The Morgan fingerprint density at radius 3 is 2.41 bits per heavy atom. The van der Waals surface area contributed by atoms with Crippen LogP contribution in [-0.4, -0.2) is 92.6 Å². The van der Waals surface area contributed by atoms with Crippen LogP contribution in [0.5, 0.6) is 0 Å². The number of carbonyl (C=O) groups is 2. The lowest BCUT2D eigenvalue weighted by atomic mass is 9.31. The van der Waals surface area contributed by atoms with Crippen molar-refractivity contribution in [2.75, 3.05) is 13.7 Å². The Morgan fingerprint density at radius 1 is 0.782 bits per heavy atom. The van der Waals surface area contributed by atoms with Crippen LogP contribution >= 0.6 is 0 Å². The summed E-state index contributed by atoms with van der Waals surface area (Å²) < 4.78 is 14.0. The molecule has 2 heterocycles. The molecule has 17 bridgehead atoms. The van der Waals surface area contributed by atoms with Crippen molar-refractivity contribution in [1.82, 2.24) is 5.32 Å². The molecular weight excluding hydrogens is 1080 g/mol. The van der Waals surface area contributed by atoms with Gasteiger partial charge in [0.2, 0.25) is 0 Å². The van der Waals surface area contributed by atoms with Gasteiger partial charge in [0.05, 0.1) is 29.8 Å². The molecular formula is C77H95NO9. The molecule has 6 N–H and O–H groups in total. The number of fused-ring (bicyclic) bond motifs is 2. The minimum Gasteiger partial charge on any atom is -0.454 e. The molecule has 24 atom stereocenters. The molecule has 0 radical (unpaired) electrons. The van der Waals surface area contributed by atoms with E-state index in [9.17, 15) is 15.0 Å². The molecule has 10 saturated carbocycles. The van der Waals surface area contributed by atoms with Crippen LogP contribution in [0.25, 0.3) is 0 Å². The van der Waals surface area contributed by atoms with Crippen molar-refractivity contribution >= 4 is 12.3 Å². The Labute approximate surface area is 515 Å². The number of ether oxygens (including phenoxy) is 2. The van der Waals surface area contributed by atoms with E-state index in [2.05, 4.69) is 78.7 Å². The molecule has 87 heavy (non-hydrogen) atoms. The van der Waals surface area contributed by atoms with Crippen molar-refractivity contribution in [3.8, 4) is 11.8 Å². The predicted molar refractivity (Wildman–Crippen MR) is 330 cm³/mol. The molecule has 462 valence electrons. The second-order valence-corrected chi connectivity index (χ2v) is 32.5. The van der Waals surface area contributed by atoms with Crippen molar-refractivity contribution in [2.24, 2.45) is 98.6 Å². The first-order valence-electron chi connectivity index (χ1n) is 35.1. The fraction of sp³-hybridized carbons (Fsp3) is 0.688. The summed E-state index contributed by atoms with van der Waals surface area (Å²) in [6, 6.07) is 24.6. The summed E-state index contributed by atoms with van der Waals surface area (Å²) in [6.45, 7) is 2.91. The minimum absolute atomic E-state index is 0.131. The predicted octanol–water partition coefficient (Wildman–Crippen LogP) is 10.9. The van der Waals surface area contributed by atoms with Crippen molar-refractivity contribution in [3.63, 3.8) is 0 Å². The van der Waals surface area contributed by atoms with E-state index in [1.54, 1.807) is 6.08 Å². The van der Waals surface area contributed by atoms with Crippen LogP contribution in [0.2, 0.25) is 0 Å². The first-order valence-corrected chi connectivity index (χ1v) is 35.1. The molecule has 3 spiro atoms. The Bertz CT molecular complexity index is 3380. The van der Waals surface area contributed by atoms with Gasteiger partial charge in [-0.15, -0.1) is 0 Å². The topological polar surface area (TPSA) is 166 Å². The summed E-state index contributed by atoms with van der Waals surface area (Å²) in [4.78, 5) is 30.3. The minimum atomic E-state index is -2.23. The fourth-order valence-corrected chi connectivity index (χ4v) is 26.6. The van der Waals surface area contributed by atoms with Gasteiger partial charge in [0.15, 0.2) is 0 Å². The van der Waals surface area contributed by atoms with Crippen LogP contribution in [0.15, 0.2) is 78.4 Å². The number of benzene rings is 3. The quantitative estimate of drug-likeness (QED) is 0.0823. The van der Waals surface area contributed by atoms with Gasteiger partial charge >= 0.3 is 5.97 Å². The number of rotatable bonds is 5. The maximum atomic E-state index is 16.0. The van der Waals surface area contributed by atoms with Gasteiger partial charge in [-0.2, -0.15) is 0 Å². The zero-order chi connectivity index (χ0) is 59.2. The highest BCUT2D eigenvalue weighted by Crippen LogP contribution is 2.82. The van der Waals surface area contributed by atoms with Gasteiger partial charge in [0.25, 0.3) is 0 Å². The van der Waals surface area contributed by atoms with Crippen LogP contribution in [-0.2, 0) is 44.9 Å². The van der Waals surface area contributed by atoms with E-state index in [-0.39, 0.29) is 72.6 Å². The summed E-state index contributed by atoms with van der Waals surface area (Å²) in [5.41, 5.74) is -0.662. The lowest BCUT2D eigenvalue weighted by Crippen LogP contribution is -2.87. The molecule has 18 aliphatic rings. The number of aliphatic hydroxyl groups is 5. The molecule has 10 nitrogen and oxygen atoms in total. The molecule has 10 heteroatoms. The fourth-order valence-electron chi connectivity index (χ4n) is 26.6. The third kappa shape index (κ3) is 7.66. The smallest absolute Gasteiger partial charge is 0.331 e. The first-order chi connectivity index (χ1) is 42.1. The van der Waals surface area contributed by atoms with Crippen LogP contribution in [0.3, 0.4) is 0 Å². The molecule has 21 rings (SSSR count). The number of carbonyl (C=O) groups excluding carboxylic acids is 2. The van der Waals surface area contributed by atoms with E-state index in [4.69, 9.17) is 9.47 Å². The highest BCUT2D eigenvalue weighted by molar-refractivity contribution is 5.86. The number of hydrogen-bond donors (Lipinski definition) is 6. The summed E-state index contributed by atoms with van der Waals surface area (Å²) in [5.74, 6) is 7.04. The van der Waals surface area contributed by atoms with Crippen molar-refractivity contribution < 1.29 is 44.6 Å². The van der Waals surface area contributed by atoms with E-state index in [1.165, 1.54) is 47.9 Å². The van der Waals surface area contributed by atoms with Crippen molar-refractivity contribution in [2.45, 2.75) is 215 Å². The Morgan fingerprint density at radius 2 is 1.59 bits per heavy atom. The molecule has 0 unspecified atom stereocenters. The van der Waals surface area contributed by atoms with E-state index < -0.39 is 68.4 Å². The molecule has 1 saturated heterocycles. The highest BCUT2D eigenvalue weighted by atomic mass is 16.5. The maximum Gasteiger partial charge on any atom is 0.331 e. The molecule has 3 aromatic carbocycles. The number of aldehydes is 1. The maximum absolute atomic E-state index is 16.0. The number of likely N-dealkylation sites (N-methyl/N-ethyl adjacent to an activating group) is 1. The van der Waals surface area contributed by atoms with Gasteiger partial charge < -0.3 is 45.1 Å². The third-order valence-electron chi connectivity index (χ3n) is 29.7. The molecule has 16 aliphatic carbocycles. The lowest BCUT2D eigenvalue weighted by Gasteiger charge is -2.76. The standard InChI is InChI=1S/C77H95NO9/c1-44(49-11-3-4-12-49)51-16-19-62-70-74-42-73(43-80)65-22-26-72-41-71(24-20-48(38-71)30-46-9-5-8-45(28-46)29-47-10-6-14-52(31-47)53-17-18-61(74)55(32-53)33-57(74)23-27-86-70)25-21-50-13-7-15-54(40-79)58(50)36-64(78-2)59-34-56(67(72)60-37-66(81)87-68(59)60)39-75(72,83)77(65,85)69(82)63(35-51)76(62,73)84/h5-10,13-15,28,31,37,43-44,48-49,51,53,55-57,59,61-65,67-70,78-79,82-85H,3-4,11-12,16-20,22-24,26-27,29-30,32-36,38-42H2,1-2H3/t44-,48+,51+,53-,55+,56-,57-,59+,61+,62-,63+,64+,65+,67+,68-,69-,70+,71+,72-,73-,74-,75+,76+,77+/m0/s1. The number of esters is 1. The highest BCUT2D eigenvalue weighted by Gasteiger charge is 2.88. The Kier molecular flexibility index (Phi) is 13.2. The number of nitrogens with one attached hydrogen (secondary N) is 1. The Balaban J connectivity index is 0.908. The van der Waals surface area contributed by atoms with Crippen LogP contribution in [0, 0.1) is 110 Å².